The fraction of sp³-hybridized carbons (Fsp3) is 0.286. The highest BCUT2D eigenvalue weighted by molar-refractivity contribution is 7.19. The minimum atomic E-state index is -4.48. The van der Waals surface area contributed by atoms with Crippen LogP contribution in [-0.4, -0.2) is 29.8 Å². The molecule has 0 aliphatic heterocycles. The number of rotatable bonds is 1. The Hall–Kier alpha value is -2.49. The maximum Gasteiger partial charge on any atom is 0.432 e. The standard InChI is InChI=1S/C14H9F3N6S/c15-14(16,17)9-4-7(20-21-9)11-19-12-10-6-2-1-3-8(6)24-13(10)18-5-23(12)22-11/h4-5H,1-3H2,(H,20,21). The number of aromatic nitrogens is 6. The van der Waals surface area contributed by atoms with Gasteiger partial charge in [-0.2, -0.15) is 18.3 Å². The topological polar surface area (TPSA) is 71.8 Å². The van der Waals surface area contributed by atoms with Crippen molar-refractivity contribution in [3.05, 3.63) is 28.5 Å². The molecule has 1 N–H and O–H groups in total. The molecule has 0 saturated carbocycles. The Morgan fingerprint density at radius 2 is 2.12 bits per heavy atom. The first-order valence-electron chi connectivity index (χ1n) is 7.29. The normalized spacial score (nSPS) is 14.8. The molecule has 6 nitrogen and oxygen atoms in total. The number of alkyl halides is 3. The van der Waals surface area contributed by atoms with E-state index >= 15 is 0 Å². The third-order valence-electron chi connectivity index (χ3n) is 4.15. The van der Waals surface area contributed by atoms with Crippen LogP contribution in [0.4, 0.5) is 13.2 Å². The van der Waals surface area contributed by atoms with Crippen molar-refractivity contribution >= 4 is 27.2 Å². The van der Waals surface area contributed by atoms with Crippen molar-refractivity contribution < 1.29 is 13.2 Å². The maximum atomic E-state index is 12.7. The van der Waals surface area contributed by atoms with Gasteiger partial charge in [-0.1, -0.05) is 0 Å². The molecule has 4 aromatic heterocycles. The maximum absolute atomic E-state index is 12.7. The largest absolute Gasteiger partial charge is 0.432 e. The van der Waals surface area contributed by atoms with Crippen LogP contribution in [0.25, 0.3) is 27.4 Å². The molecule has 0 atom stereocenters. The number of fused-ring (bicyclic) bond motifs is 5. The summed E-state index contributed by atoms with van der Waals surface area (Å²) in [6.07, 6.45) is 0.176. The molecule has 0 aromatic carbocycles. The van der Waals surface area contributed by atoms with Crippen molar-refractivity contribution in [3.8, 4) is 11.5 Å². The van der Waals surface area contributed by atoms with Crippen molar-refractivity contribution in [1.29, 1.82) is 0 Å². The molecular formula is C14H9F3N6S. The first kappa shape index (κ1) is 13.9. The third kappa shape index (κ3) is 1.89. The smallest absolute Gasteiger partial charge is 0.273 e. The van der Waals surface area contributed by atoms with E-state index in [0.29, 0.717) is 5.65 Å². The molecular weight excluding hydrogens is 341 g/mol. The number of nitrogens with zero attached hydrogens (tertiary/aromatic N) is 5. The summed E-state index contributed by atoms with van der Waals surface area (Å²) in [5.74, 6) is 0.147. The van der Waals surface area contributed by atoms with Crippen LogP contribution in [0.15, 0.2) is 12.4 Å². The van der Waals surface area contributed by atoms with Crippen LogP contribution in [0.3, 0.4) is 0 Å². The molecule has 0 unspecified atom stereocenters. The molecule has 5 rings (SSSR count). The van der Waals surface area contributed by atoms with Gasteiger partial charge in [-0.05, 0) is 30.9 Å². The van der Waals surface area contributed by atoms with Crippen molar-refractivity contribution in [2.75, 3.05) is 0 Å². The van der Waals surface area contributed by atoms with Crippen LogP contribution in [-0.2, 0) is 19.0 Å². The fourth-order valence-corrected chi connectivity index (χ4v) is 4.31. The van der Waals surface area contributed by atoms with Crippen molar-refractivity contribution in [2.45, 2.75) is 25.4 Å². The predicted molar refractivity (Wildman–Crippen MR) is 80.8 cm³/mol. The molecule has 1 aliphatic carbocycles. The van der Waals surface area contributed by atoms with Gasteiger partial charge >= 0.3 is 6.18 Å². The van der Waals surface area contributed by atoms with E-state index in [4.69, 9.17) is 0 Å². The zero-order valence-electron chi connectivity index (χ0n) is 12.1. The molecule has 4 heterocycles. The Labute approximate surface area is 136 Å². The van der Waals surface area contributed by atoms with Gasteiger partial charge in [0.05, 0.1) is 5.39 Å². The van der Waals surface area contributed by atoms with Crippen LogP contribution in [0, 0.1) is 0 Å². The Morgan fingerprint density at radius 1 is 1.25 bits per heavy atom. The van der Waals surface area contributed by atoms with Crippen LogP contribution in [0.1, 0.15) is 22.6 Å². The number of aryl methyl sites for hydroxylation is 2. The van der Waals surface area contributed by atoms with E-state index in [0.717, 1.165) is 35.5 Å². The lowest BCUT2D eigenvalue weighted by molar-refractivity contribution is -0.141. The van der Waals surface area contributed by atoms with E-state index in [1.54, 1.807) is 11.3 Å². The van der Waals surface area contributed by atoms with Gasteiger partial charge in [-0.15, -0.1) is 16.4 Å². The summed E-state index contributed by atoms with van der Waals surface area (Å²) in [5, 5.41) is 10.9. The summed E-state index contributed by atoms with van der Waals surface area (Å²) < 4.78 is 39.6. The molecule has 1 aliphatic rings. The first-order valence-corrected chi connectivity index (χ1v) is 8.11. The molecule has 24 heavy (non-hydrogen) atoms. The Morgan fingerprint density at radius 3 is 2.92 bits per heavy atom. The highest BCUT2D eigenvalue weighted by atomic mass is 32.1. The van der Waals surface area contributed by atoms with E-state index in [9.17, 15) is 13.2 Å². The number of aromatic amines is 1. The van der Waals surface area contributed by atoms with Crippen LogP contribution >= 0.6 is 11.3 Å². The summed E-state index contributed by atoms with van der Waals surface area (Å²) in [6, 6.07) is 0.914. The minimum absolute atomic E-state index is 0.0612. The SMILES string of the molecule is FC(F)(F)c1cc(-c2nc3c4c5c(sc4ncn3n2)CCC5)n[nH]1. The van der Waals surface area contributed by atoms with Gasteiger partial charge in [0.25, 0.3) is 0 Å². The number of hydrogen-bond acceptors (Lipinski definition) is 5. The van der Waals surface area contributed by atoms with Gasteiger partial charge in [-0.25, -0.2) is 14.5 Å². The molecule has 0 amide bonds. The molecule has 0 bridgehead atoms. The Kier molecular flexibility index (Phi) is 2.62. The Balaban J connectivity index is 1.71. The number of halogens is 3. The lowest BCUT2D eigenvalue weighted by Gasteiger charge is -1.99. The van der Waals surface area contributed by atoms with Gasteiger partial charge in [0, 0.05) is 4.88 Å². The van der Waals surface area contributed by atoms with Crippen LogP contribution in [0.2, 0.25) is 0 Å². The average molecular weight is 350 g/mol. The summed E-state index contributed by atoms with van der Waals surface area (Å²) in [6.45, 7) is 0. The second-order valence-electron chi connectivity index (χ2n) is 5.65. The zero-order chi connectivity index (χ0) is 16.5. The van der Waals surface area contributed by atoms with Gasteiger partial charge in [-0.3, -0.25) is 5.10 Å². The minimum Gasteiger partial charge on any atom is -0.273 e. The Bertz CT molecular complexity index is 1090. The molecule has 0 fully saturated rings. The number of nitrogens with one attached hydrogen (secondary N) is 1. The molecule has 10 heteroatoms. The van der Waals surface area contributed by atoms with Gasteiger partial charge in [0.1, 0.15) is 22.5 Å². The summed E-state index contributed by atoms with van der Waals surface area (Å²) >= 11 is 1.65. The predicted octanol–water partition coefficient (Wildman–Crippen LogP) is 3.24. The quantitative estimate of drug-likeness (QED) is 0.572. The van der Waals surface area contributed by atoms with Gasteiger partial charge < -0.3 is 0 Å². The van der Waals surface area contributed by atoms with Crippen molar-refractivity contribution in [1.82, 2.24) is 29.8 Å². The van der Waals surface area contributed by atoms with Crippen molar-refractivity contribution in [2.24, 2.45) is 0 Å². The fourth-order valence-electron chi connectivity index (χ4n) is 3.08. The average Bonchev–Trinajstić information content (AvgIpc) is 3.26. The molecule has 0 radical (unpaired) electrons. The first-order chi connectivity index (χ1) is 11.5. The van der Waals surface area contributed by atoms with Gasteiger partial charge in [0.15, 0.2) is 5.65 Å². The lowest BCUT2D eigenvalue weighted by atomic mass is 10.2. The van der Waals surface area contributed by atoms with E-state index in [-0.39, 0.29) is 11.5 Å². The highest BCUT2D eigenvalue weighted by Gasteiger charge is 2.33. The lowest BCUT2D eigenvalue weighted by Crippen LogP contribution is -2.04. The van der Waals surface area contributed by atoms with Crippen molar-refractivity contribution in [3.63, 3.8) is 0 Å². The van der Waals surface area contributed by atoms with Crippen LogP contribution in [0.5, 0.6) is 0 Å². The molecule has 122 valence electrons. The highest BCUT2D eigenvalue weighted by Crippen LogP contribution is 2.38. The summed E-state index contributed by atoms with van der Waals surface area (Å²) in [4.78, 5) is 11.0. The monoisotopic (exact) mass is 350 g/mol. The van der Waals surface area contributed by atoms with E-state index in [1.807, 2.05) is 5.10 Å². The molecule has 0 saturated heterocycles. The second-order valence-corrected chi connectivity index (χ2v) is 6.73. The molecule has 4 aromatic rings. The summed E-state index contributed by atoms with van der Waals surface area (Å²) in [7, 11) is 0. The third-order valence-corrected chi connectivity index (χ3v) is 5.35. The number of hydrogen-bond donors (Lipinski definition) is 1. The van der Waals surface area contributed by atoms with E-state index in [1.165, 1.54) is 21.3 Å². The number of H-pyrrole nitrogens is 1. The van der Waals surface area contributed by atoms with Gasteiger partial charge in [0.2, 0.25) is 5.82 Å². The van der Waals surface area contributed by atoms with E-state index in [2.05, 4.69) is 20.2 Å². The molecule has 0 spiro atoms. The zero-order valence-corrected chi connectivity index (χ0v) is 12.9. The second kappa shape index (κ2) is 4.53. The van der Waals surface area contributed by atoms with E-state index < -0.39 is 11.9 Å². The summed E-state index contributed by atoms with van der Waals surface area (Å²) in [5.41, 5.74) is 0.998. The number of thiophene rings is 1. The van der Waals surface area contributed by atoms with Crippen LogP contribution < -0.4 is 0 Å².